The maximum atomic E-state index is 12.1. The smallest absolute Gasteiger partial charge is 0.222 e. The Hall–Kier alpha value is -4.14. The lowest BCUT2D eigenvalue weighted by Crippen LogP contribution is -2.28. The number of benzene rings is 2. The number of aromatic nitrogens is 4. The molecule has 3 heterocycles. The Morgan fingerprint density at radius 3 is 2.33 bits per heavy atom. The largest absolute Gasteiger partial charge is 0.497 e. The van der Waals surface area contributed by atoms with E-state index in [0.717, 1.165) is 47.6 Å². The molecule has 9 nitrogen and oxygen atoms in total. The van der Waals surface area contributed by atoms with Crippen LogP contribution in [0, 0.1) is 0 Å². The van der Waals surface area contributed by atoms with Gasteiger partial charge >= 0.3 is 0 Å². The summed E-state index contributed by atoms with van der Waals surface area (Å²) >= 11 is 0. The van der Waals surface area contributed by atoms with Gasteiger partial charge in [-0.05, 0) is 54.8 Å². The average molecular weight is 487 g/mol. The van der Waals surface area contributed by atoms with Crippen LogP contribution in [0.3, 0.4) is 0 Å². The Labute approximate surface area is 210 Å². The van der Waals surface area contributed by atoms with Crippen molar-refractivity contribution >= 4 is 22.9 Å². The molecule has 0 bridgehead atoms. The minimum absolute atomic E-state index is 0.217. The number of likely N-dealkylation sites (tertiary alicyclic amines) is 1. The third kappa shape index (κ3) is 5.10. The van der Waals surface area contributed by atoms with Crippen molar-refractivity contribution < 1.29 is 14.3 Å². The first-order valence-corrected chi connectivity index (χ1v) is 12.2. The second-order valence-corrected chi connectivity index (χ2v) is 8.74. The molecule has 0 saturated carbocycles. The third-order valence-electron chi connectivity index (χ3n) is 6.46. The van der Waals surface area contributed by atoms with Gasteiger partial charge in [0, 0.05) is 38.2 Å². The van der Waals surface area contributed by atoms with E-state index < -0.39 is 0 Å². The lowest BCUT2D eigenvalue weighted by atomic mass is 10.1. The van der Waals surface area contributed by atoms with Gasteiger partial charge in [-0.25, -0.2) is 15.0 Å². The number of rotatable bonds is 10. The summed E-state index contributed by atoms with van der Waals surface area (Å²) in [5, 5.41) is 3.47. The van der Waals surface area contributed by atoms with Crippen molar-refractivity contribution in [3.63, 3.8) is 0 Å². The molecular weight excluding hydrogens is 456 g/mol. The molecule has 0 atom stereocenters. The number of carbonyl (C=O) groups excluding carboxylic acids is 1. The Bertz CT molecular complexity index is 1330. The predicted octanol–water partition coefficient (Wildman–Crippen LogP) is 3.79. The van der Waals surface area contributed by atoms with Crippen LogP contribution in [-0.4, -0.2) is 64.2 Å². The number of fused-ring (bicyclic) bond motifs is 1. The van der Waals surface area contributed by atoms with Crippen molar-refractivity contribution in [2.75, 3.05) is 39.2 Å². The number of hydrogen-bond donors (Lipinski definition) is 1. The van der Waals surface area contributed by atoms with E-state index in [1.807, 2.05) is 45.9 Å². The number of ether oxygens (including phenoxy) is 2. The summed E-state index contributed by atoms with van der Waals surface area (Å²) in [5.74, 6) is 3.13. The molecule has 1 aliphatic heterocycles. The van der Waals surface area contributed by atoms with E-state index in [1.54, 1.807) is 20.5 Å². The SMILES string of the molecule is COc1ccc(CCNc2nc(-c3ccc(OC)cc3)nc3c2ncn3CCN2CCCC2=O)cc1. The van der Waals surface area contributed by atoms with E-state index in [0.29, 0.717) is 37.7 Å². The van der Waals surface area contributed by atoms with Gasteiger partial charge in [0.05, 0.1) is 20.5 Å². The van der Waals surface area contributed by atoms with Crippen molar-refractivity contribution in [2.45, 2.75) is 25.8 Å². The van der Waals surface area contributed by atoms with Crippen LogP contribution in [-0.2, 0) is 17.8 Å². The Morgan fingerprint density at radius 1 is 0.944 bits per heavy atom. The minimum Gasteiger partial charge on any atom is -0.497 e. The number of hydrogen-bond acceptors (Lipinski definition) is 7. The van der Waals surface area contributed by atoms with Gasteiger partial charge in [0.15, 0.2) is 17.3 Å². The van der Waals surface area contributed by atoms with Crippen molar-refractivity contribution in [1.29, 1.82) is 0 Å². The number of amides is 1. The highest BCUT2D eigenvalue weighted by Crippen LogP contribution is 2.26. The molecule has 2 aromatic heterocycles. The molecule has 4 aromatic rings. The van der Waals surface area contributed by atoms with Gasteiger partial charge in [0.2, 0.25) is 5.91 Å². The highest BCUT2D eigenvalue weighted by Gasteiger charge is 2.21. The molecular formula is C27H30N6O3. The molecule has 0 aliphatic carbocycles. The normalized spacial score (nSPS) is 13.4. The monoisotopic (exact) mass is 486 g/mol. The molecule has 36 heavy (non-hydrogen) atoms. The fourth-order valence-electron chi connectivity index (χ4n) is 4.39. The first-order valence-electron chi connectivity index (χ1n) is 12.2. The second-order valence-electron chi connectivity index (χ2n) is 8.74. The molecule has 186 valence electrons. The summed E-state index contributed by atoms with van der Waals surface area (Å²) in [7, 11) is 3.31. The summed E-state index contributed by atoms with van der Waals surface area (Å²) in [5.41, 5.74) is 3.55. The number of carbonyl (C=O) groups is 1. The highest BCUT2D eigenvalue weighted by atomic mass is 16.5. The number of imidazole rings is 1. The van der Waals surface area contributed by atoms with Gasteiger partial charge in [-0.15, -0.1) is 0 Å². The zero-order chi connectivity index (χ0) is 24.9. The zero-order valence-electron chi connectivity index (χ0n) is 20.6. The van der Waals surface area contributed by atoms with E-state index in [-0.39, 0.29) is 5.91 Å². The van der Waals surface area contributed by atoms with Crippen molar-refractivity contribution in [3.8, 4) is 22.9 Å². The Balaban J connectivity index is 1.41. The van der Waals surface area contributed by atoms with Gasteiger partial charge in [0.1, 0.15) is 17.0 Å². The number of anilines is 1. The third-order valence-corrected chi connectivity index (χ3v) is 6.46. The molecule has 9 heteroatoms. The summed E-state index contributed by atoms with van der Waals surface area (Å²) < 4.78 is 12.6. The lowest BCUT2D eigenvalue weighted by molar-refractivity contribution is -0.127. The molecule has 1 aliphatic rings. The van der Waals surface area contributed by atoms with E-state index in [4.69, 9.17) is 19.4 Å². The van der Waals surface area contributed by atoms with E-state index in [1.165, 1.54) is 5.56 Å². The van der Waals surface area contributed by atoms with Crippen LogP contribution in [0.2, 0.25) is 0 Å². The number of nitrogens with one attached hydrogen (secondary N) is 1. The van der Waals surface area contributed by atoms with Crippen LogP contribution in [0.15, 0.2) is 54.9 Å². The summed E-state index contributed by atoms with van der Waals surface area (Å²) in [6.07, 6.45) is 4.17. The maximum Gasteiger partial charge on any atom is 0.222 e. The standard InChI is InChI=1S/C27H30N6O3/c1-35-21-9-5-19(6-10-21)13-14-28-26-24-27(31-25(30-26)20-7-11-22(36-2)12-8-20)33(18-29-24)17-16-32-15-3-4-23(32)34/h5-12,18H,3-4,13-17H2,1-2H3,(H,28,30,31). The first kappa shape index (κ1) is 23.6. The molecule has 5 rings (SSSR count). The molecule has 1 amide bonds. The molecule has 0 radical (unpaired) electrons. The molecule has 2 aromatic carbocycles. The second kappa shape index (κ2) is 10.6. The minimum atomic E-state index is 0.217. The zero-order valence-corrected chi connectivity index (χ0v) is 20.6. The van der Waals surface area contributed by atoms with Crippen molar-refractivity contribution in [3.05, 3.63) is 60.4 Å². The average Bonchev–Trinajstić information content (AvgIpc) is 3.53. The summed E-state index contributed by atoms with van der Waals surface area (Å²) in [6, 6.07) is 15.8. The van der Waals surface area contributed by atoms with Crippen LogP contribution in [0.4, 0.5) is 5.82 Å². The Kier molecular flexibility index (Phi) is 6.97. The summed E-state index contributed by atoms with van der Waals surface area (Å²) in [6.45, 7) is 2.78. The lowest BCUT2D eigenvalue weighted by Gasteiger charge is -2.16. The Morgan fingerprint density at radius 2 is 1.67 bits per heavy atom. The van der Waals surface area contributed by atoms with Gasteiger partial charge in [-0.2, -0.15) is 0 Å². The highest BCUT2D eigenvalue weighted by molar-refractivity contribution is 5.85. The van der Waals surface area contributed by atoms with Crippen molar-refractivity contribution in [1.82, 2.24) is 24.4 Å². The molecule has 1 N–H and O–H groups in total. The maximum absolute atomic E-state index is 12.1. The molecule has 1 fully saturated rings. The van der Waals surface area contributed by atoms with Crippen LogP contribution >= 0.6 is 0 Å². The van der Waals surface area contributed by atoms with Crippen LogP contribution < -0.4 is 14.8 Å². The van der Waals surface area contributed by atoms with Gasteiger partial charge < -0.3 is 24.3 Å². The van der Waals surface area contributed by atoms with Crippen molar-refractivity contribution in [2.24, 2.45) is 0 Å². The van der Waals surface area contributed by atoms with Crippen LogP contribution in [0.5, 0.6) is 11.5 Å². The fourth-order valence-corrected chi connectivity index (χ4v) is 4.39. The predicted molar refractivity (Wildman–Crippen MR) is 138 cm³/mol. The van der Waals surface area contributed by atoms with Crippen LogP contribution in [0.25, 0.3) is 22.6 Å². The van der Waals surface area contributed by atoms with Gasteiger partial charge in [0.25, 0.3) is 0 Å². The fraction of sp³-hybridized carbons (Fsp3) is 0.333. The van der Waals surface area contributed by atoms with Crippen LogP contribution in [0.1, 0.15) is 18.4 Å². The summed E-state index contributed by atoms with van der Waals surface area (Å²) in [4.78, 5) is 28.3. The van der Waals surface area contributed by atoms with E-state index in [2.05, 4.69) is 22.4 Å². The molecule has 0 spiro atoms. The van der Waals surface area contributed by atoms with E-state index >= 15 is 0 Å². The molecule has 1 saturated heterocycles. The topological polar surface area (TPSA) is 94.4 Å². The number of nitrogens with zero attached hydrogens (tertiary/aromatic N) is 5. The van der Waals surface area contributed by atoms with E-state index in [9.17, 15) is 4.79 Å². The molecule has 0 unspecified atom stereocenters. The first-order chi connectivity index (χ1) is 17.6. The van der Waals surface area contributed by atoms with Gasteiger partial charge in [-0.1, -0.05) is 12.1 Å². The quantitative estimate of drug-likeness (QED) is 0.364. The van der Waals surface area contributed by atoms with Gasteiger partial charge in [-0.3, -0.25) is 4.79 Å². The number of methoxy groups -OCH3 is 2.